The van der Waals surface area contributed by atoms with E-state index in [9.17, 15) is 5.11 Å². The van der Waals surface area contributed by atoms with Crippen LogP contribution in [0.2, 0.25) is 5.02 Å². The molecule has 2 rings (SSSR count). The van der Waals surface area contributed by atoms with Crippen LogP contribution in [0.25, 0.3) is 11.5 Å². The van der Waals surface area contributed by atoms with Gasteiger partial charge in [0.05, 0.1) is 5.02 Å². The van der Waals surface area contributed by atoms with Crippen molar-refractivity contribution in [3.05, 3.63) is 29.1 Å². The molecule has 0 aliphatic rings. The molecule has 0 spiro atoms. The van der Waals surface area contributed by atoms with Gasteiger partial charge in [0.1, 0.15) is 5.75 Å². The molecule has 14 heavy (non-hydrogen) atoms. The highest BCUT2D eigenvalue weighted by molar-refractivity contribution is 6.32. The molecule has 2 aromatic rings. The maximum Gasteiger partial charge on any atom is 0.247 e. The summed E-state index contributed by atoms with van der Waals surface area (Å²) in [5.41, 5.74) is 0.688. The molecule has 0 atom stereocenters. The summed E-state index contributed by atoms with van der Waals surface area (Å²) < 4.78 is 5.20. The predicted octanol–water partition coefficient (Wildman–Crippen LogP) is 2.40. The number of aryl methyl sites for hydroxylation is 1. The lowest BCUT2D eigenvalue weighted by Gasteiger charge is -1.97. The van der Waals surface area contributed by atoms with Gasteiger partial charge in [-0.2, -0.15) is 0 Å². The van der Waals surface area contributed by atoms with Gasteiger partial charge in [-0.05, 0) is 18.2 Å². The van der Waals surface area contributed by atoms with E-state index < -0.39 is 0 Å². The highest BCUT2D eigenvalue weighted by Crippen LogP contribution is 2.28. The Kier molecular flexibility index (Phi) is 2.13. The third-order valence-electron chi connectivity index (χ3n) is 1.72. The van der Waals surface area contributed by atoms with E-state index >= 15 is 0 Å². The van der Waals surface area contributed by atoms with E-state index in [1.165, 1.54) is 6.07 Å². The summed E-state index contributed by atoms with van der Waals surface area (Å²) in [7, 11) is 0. The topological polar surface area (TPSA) is 59.2 Å². The zero-order chi connectivity index (χ0) is 10.1. The minimum atomic E-state index is 0.0339. The lowest BCUT2D eigenvalue weighted by atomic mass is 10.2. The Bertz CT molecular complexity index is 468. The Morgan fingerprint density at radius 2 is 2.14 bits per heavy atom. The quantitative estimate of drug-likeness (QED) is 0.785. The number of aromatic nitrogens is 2. The third-order valence-corrected chi connectivity index (χ3v) is 2.02. The Balaban J connectivity index is 2.47. The molecule has 1 N–H and O–H groups in total. The summed E-state index contributed by atoms with van der Waals surface area (Å²) in [4.78, 5) is 0. The van der Waals surface area contributed by atoms with Crippen molar-refractivity contribution in [1.29, 1.82) is 0 Å². The fourth-order valence-electron chi connectivity index (χ4n) is 1.05. The molecule has 0 aliphatic carbocycles. The number of phenolic OH excluding ortho intramolecular Hbond substituents is 1. The summed E-state index contributed by atoms with van der Waals surface area (Å²) in [6.45, 7) is 1.71. The zero-order valence-electron chi connectivity index (χ0n) is 7.36. The minimum absolute atomic E-state index is 0.0339. The van der Waals surface area contributed by atoms with Crippen LogP contribution < -0.4 is 0 Å². The van der Waals surface area contributed by atoms with Crippen molar-refractivity contribution < 1.29 is 9.52 Å². The van der Waals surface area contributed by atoms with Crippen molar-refractivity contribution in [2.24, 2.45) is 0 Å². The lowest BCUT2D eigenvalue weighted by molar-refractivity contribution is 0.475. The van der Waals surface area contributed by atoms with Crippen molar-refractivity contribution in [3.8, 4) is 17.2 Å². The number of rotatable bonds is 1. The summed E-state index contributed by atoms with van der Waals surface area (Å²) in [5.74, 6) is 0.917. The Labute approximate surface area is 85.2 Å². The number of hydrogen-bond acceptors (Lipinski definition) is 4. The molecule has 1 aromatic carbocycles. The van der Waals surface area contributed by atoms with E-state index in [0.29, 0.717) is 17.3 Å². The molecule has 0 fully saturated rings. The molecule has 1 heterocycles. The Morgan fingerprint density at radius 1 is 1.36 bits per heavy atom. The summed E-state index contributed by atoms with van der Waals surface area (Å²) in [5, 5.41) is 17.0. The van der Waals surface area contributed by atoms with Gasteiger partial charge in [0.15, 0.2) is 0 Å². The summed E-state index contributed by atoms with van der Waals surface area (Å²) in [6.07, 6.45) is 0. The van der Waals surface area contributed by atoms with Gasteiger partial charge in [0.25, 0.3) is 0 Å². The number of halogens is 1. The van der Waals surface area contributed by atoms with E-state index in [1.807, 2.05) is 0 Å². The van der Waals surface area contributed by atoms with E-state index in [0.717, 1.165) is 0 Å². The van der Waals surface area contributed by atoms with Gasteiger partial charge < -0.3 is 9.52 Å². The van der Waals surface area contributed by atoms with E-state index in [4.69, 9.17) is 16.0 Å². The maximum absolute atomic E-state index is 9.20. The summed E-state index contributed by atoms with van der Waals surface area (Å²) >= 11 is 5.73. The fraction of sp³-hybridized carbons (Fsp3) is 0.111. The molecule has 0 saturated carbocycles. The average molecular weight is 211 g/mol. The van der Waals surface area contributed by atoms with Crippen molar-refractivity contribution in [1.82, 2.24) is 10.2 Å². The Hall–Kier alpha value is -1.55. The molecule has 0 radical (unpaired) electrons. The van der Waals surface area contributed by atoms with Crippen LogP contribution in [0.15, 0.2) is 22.6 Å². The molecule has 4 nitrogen and oxygen atoms in total. The molecular weight excluding hydrogens is 204 g/mol. The van der Waals surface area contributed by atoms with Gasteiger partial charge >= 0.3 is 0 Å². The molecule has 1 aromatic heterocycles. The molecule has 5 heteroatoms. The van der Waals surface area contributed by atoms with Gasteiger partial charge in [-0.1, -0.05) is 11.6 Å². The van der Waals surface area contributed by atoms with Crippen LogP contribution in [0.5, 0.6) is 5.75 Å². The standard InChI is InChI=1S/C9H7ClN2O2/c1-5-11-12-9(14-5)6-2-3-8(13)7(10)4-6/h2-4,13H,1H3. The number of nitrogens with zero attached hydrogens (tertiary/aromatic N) is 2. The second kappa shape index (κ2) is 3.31. The van der Waals surface area contributed by atoms with E-state index in [2.05, 4.69) is 10.2 Å². The minimum Gasteiger partial charge on any atom is -0.506 e. The van der Waals surface area contributed by atoms with Gasteiger partial charge in [-0.15, -0.1) is 10.2 Å². The normalized spacial score (nSPS) is 10.4. The number of phenols is 1. The fourth-order valence-corrected chi connectivity index (χ4v) is 1.23. The molecule has 0 amide bonds. The van der Waals surface area contributed by atoms with Crippen molar-refractivity contribution in [2.75, 3.05) is 0 Å². The number of aromatic hydroxyl groups is 1. The molecule has 72 valence electrons. The van der Waals surface area contributed by atoms with Crippen molar-refractivity contribution in [2.45, 2.75) is 6.92 Å². The molecule has 0 bridgehead atoms. The largest absolute Gasteiger partial charge is 0.506 e. The monoisotopic (exact) mass is 210 g/mol. The van der Waals surface area contributed by atoms with Crippen molar-refractivity contribution in [3.63, 3.8) is 0 Å². The van der Waals surface area contributed by atoms with Crippen molar-refractivity contribution >= 4 is 11.6 Å². The zero-order valence-corrected chi connectivity index (χ0v) is 8.12. The first-order valence-corrected chi connectivity index (χ1v) is 4.33. The highest BCUT2D eigenvalue weighted by atomic mass is 35.5. The highest BCUT2D eigenvalue weighted by Gasteiger charge is 2.07. The van der Waals surface area contributed by atoms with Crippen LogP contribution in [-0.2, 0) is 0 Å². The van der Waals surface area contributed by atoms with Gasteiger partial charge in [0, 0.05) is 12.5 Å². The SMILES string of the molecule is Cc1nnc(-c2ccc(O)c(Cl)c2)o1. The first-order valence-electron chi connectivity index (χ1n) is 3.96. The first-order chi connectivity index (χ1) is 6.66. The van der Waals surface area contributed by atoms with Crippen LogP contribution in [0.4, 0.5) is 0 Å². The molecule has 0 aliphatic heterocycles. The number of benzene rings is 1. The van der Waals surface area contributed by atoms with Crippen LogP contribution in [0.1, 0.15) is 5.89 Å². The van der Waals surface area contributed by atoms with Crippen LogP contribution >= 0.6 is 11.6 Å². The third kappa shape index (κ3) is 1.56. The van der Waals surface area contributed by atoms with E-state index in [1.54, 1.807) is 19.1 Å². The van der Waals surface area contributed by atoms with Gasteiger partial charge in [0.2, 0.25) is 11.8 Å². The average Bonchev–Trinajstić information content (AvgIpc) is 2.57. The van der Waals surface area contributed by atoms with Gasteiger partial charge in [-0.3, -0.25) is 0 Å². The van der Waals surface area contributed by atoms with E-state index in [-0.39, 0.29) is 10.8 Å². The molecule has 0 unspecified atom stereocenters. The second-order valence-corrected chi connectivity index (χ2v) is 3.20. The van der Waals surface area contributed by atoms with Crippen LogP contribution in [0, 0.1) is 6.92 Å². The predicted molar refractivity (Wildman–Crippen MR) is 51.1 cm³/mol. The van der Waals surface area contributed by atoms with Crippen LogP contribution in [0.3, 0.4) is 0 Å². The lowest BCUT2D eigenvalue weighted by Crippen LogP contribution is -1.78. The Morgan fingerprint density at radius 3 is 2.71 bits per heavy atom. The molecular formula is C9H7ClN2O2. The first kappa shape index (κ1) is 9.02. The number of hydrogen-bond donors (Lipinski definition) is 1. The summed E-state index contributed by atoms with van der Waals surface area (Å²) in [6, 6.07) is 4.72. The molecule has 0 saturated heterocycles. The second-order valence-electron chi connectivity index (χ2n) is 2.79. The maximum atomic E-state index is 9.20. The van der Waals surface area contributed by atoms with Gasteiger partial charge in [-0.25, -0.2) is 0 Å². The van der Waals surface area contributed by atoms with Crippen LogP contribution in [-0.4, -0.2) is 15.3 Å². The smallest absolute Gasteiger partial charge is 0.247 e.